The van der Waals surface area contributed by atoms with E-state index in [1.165, 1.54) is 16.2 Å². The highest BCUT2D eigenvalue weighted by Gasteiger charge is 2.29. The van der Waals surface area contributed by atoms with Crippen molar-refractivity contribution in [3.63, 3.8) is 0 Å². The fourth-order valence-corrected chi connectivity index (χ4v) is 4.63. The fraction of sp³-hybridized carbons (Fsp3) is 0.389. The smallest absolute Gasteiger partial charge is 0.256 e. The number of nitrogens with zero attached hydrogens (tertiary/aromatic N) is 2. The molecule has 0 spiro atoms. The lowest BCUT2D eigenvalue weighted by Gasteiger charge is -2.31. The van der Waals surface area contributed by atoms with Crippen molar-refractivity contribution < 1.29 is 18.4 Å². The molecule has 0 saturated carbocycles. The number of thiazole rings is 1. The molecule has 1 saturated heterocycles. The zero-order valence-electron chi connectivity index (χ0n) is 14.9. The summed E-state index contributed by atoms with van der Waals surface area (Å²) in [6, 6.07) is 2.92. The van der Waals surface area contributed by atoms with Gasteiger partial charge in [-0.3, -0.25) is 9.59 Å². The van der Waals surface area contributed by atoms with Gasteiger partial charge in [-0.1, -0.05) is 11.3 Å². The monoisotopic (exact) mass is 411 g/mol. The number of likely N-dealkylation sites (tertiary alicyclic amines) is 1. The molecule has 27 heavy (non-hydrogen) atoms. The summed E-state index contributed by atoms with van der Waals surface area (Å²) >= 11 is 3.03. The van der Waals surface area contributed by atoms with Gasteiger partial charge in [0.2, 0.25) is 5.91 Å². The molecule has 9 heteroatoms. The SMILES string of the molecule is CSc1sc(NC(=O)C2CCN(C(=O)c3ccc(F)cc3F)CC2)nc1C. The first-order valence-electron chi connectivity index (χ1n) is 8.45. The van der Waals surface area contributed by atoms with Gasteiger partial charge in [0.05, 0.1) is 15.5 Å². The van der Waals surface area contributed by atoms with Gasteiger partial charge in [0.1, 0.15) is 11.6 Å². The molecule has 1 aromatic heterocycles. The summed E-state index contributed by atoms with van der Waals surface area (Å²) in [6.45, 7) is 2.60. The van der Waals surface area contributed by atoms with E-state index in [1.54, 1.807) is 11.8 Å². The molecule has 1 aliphatic rings. The van der Waals surface area contributed by atoms with E-state index in [2.05, 4.69) is 10.3 Å². The molecule has 0 radical (unpaired) electrons. The lowest BCUT2D eigenvalue weighted by Crippen LogP contribution is -2.41. The van der Waals surface area contributed by atoms with Gasteiger partial charge in [0.25, 0.3) is 5.91 Å². The molecule has 2 heterocycles. The molecule has 0 atom stereocenters. The van der Waals surface area contributed by atoms with E-state index in [0.29, 0.717) is 37.1 Å². The molecule has 0 unspecified atom stereocenters. The minimum Gasteiger partial charge on any atom is -0.339 e. The van der Waals surface area contributed by atoms with Crippen LogP contribution in [-0.4, -0.2) is 41.0 Å². The minimum absolute atomic E-state index is 0.114. The Morgan fingerprint density at radius 2 is 2.00 bits per heavy atom. The van der Waals surface area contributed by atoms with E-state index >= 15 is 0 Å². The van der Waals surface area contributed by atoms with Crippen molar-refractivity contribution in [3.05, 3.63) is 41.1 Å². The summed E-state index contributed by atoms with van der Waals surface area (Å²) in [5.41, 5.74) is 0.742. The highest BCUT2D eigenvalue weighted by atomic mass is 32.2. The Morgan fingerprint density at radius 3 is 2.59 bits per heavy atom. The van der Waals surface area contributed by atoms with Crippen molar-refractivity contribution >= 4 is 40.0 Å². The van der Waals surface area contributed by atoms with Gasteiger partial charge < -0.3 is 10.2 Å². The number of hydrogen-bond donors (Lipinski definition) is 1. The maximum atomic E-state index is 13.8. The number of nitrogens with one attached hydrogen (secondary N) is 1. The standard InChI is InChI=1S/C18H19F2N3O2S2/c1-10-17(26-2)27-18(21-10)22-15(24)11-5-7-23(8-6-11)16(25)13-4-3-12(19)9-14(13)20/h3-4,9,11H,5-8H2,1-2H3,(H,21,22,24). The molecule has 2 aromatic rings. The zero-order chi connectivity index (χ0) is 19.6. The number of piperidine rings is 1. The van der Waals surface area contributed by atoms with Crippen molar-refractivity contribution in [2.75, 3.05) is 24.7 Å². The predicted molar refractivity (Wildman–Crippen MR) is 102 cm³/mol. The molecule has 144 valence electrons. The molecule has 1 aromatic carbocycles. The first kappa shape index (κ1) is 19.8. The average Bonchev–Trinajstić information content (AvgIpc) is 3.00. The molecule has 1 fully saturated rings. The Bertz CT molecular complexity index is 864. The normalized spacial score (nSPS) is 15.0. The third-order valence-electron chi connectivity index (χ3n) is 4.48. The van der Waals surface area contributed by atoms with Gasteiger partial charge in [-0.25, -0.2) is 13.8 Å². The lowest BCUT2D eigenvalue weighted by atomic mass is 9.95. The number of rotatable bonds is 4. The van der Waals surface area contributed by atoms with E-state index in [9.17, 15) is 18.4 Å². The molecule has 0 bridgehead atoms. The Hall–Kier alpha value is -2.00. The number of thioether (sulfide) groups is 1. The summed E-state index contributed by atoms with van der Waals surface area (Å²) in [5, 5.41) is 3.43. The van der Waals surface area contributed by atoms with E-state index < -0.39 is 17.5 Å². The van der Waals surface area contributed by atoms with Crippen LogP contribution in [0.1, 0.15) is 28.9 Å². The number of hydrogen-bond acceptors (Lipinski definition) is 5. The predicted octanol–water partition coefficient (Wildman–Crippen LogP) is 3.94. The molecule has 2 amide bonds. The van der Waals surface area contributed by atoms with Crippen LogP contribution in [-0.2, 0) is 4.79 Å². The van der Waals surface area contributed by atoms with Crippen LogP contribution in [0, 0.1) is 24.5 Å². The topological polar surface area (TPSA) is 62.3 Å². The van der Waals surface area contributed by atoms with Gasteiger partial charge in [-0.15, -0.1) is 11.8 Å². The highest BCUT2D eigenvalue weighted by molar-refractivity contribution is 8.00. The summed E-state index contributed by atoms with van der Waals surface area (Å²) < 4.78 is 27.9. The Kier molecular flexibility index (Phi) is 6.11. The third-order valence-corrected chi connectivity index (χ3v) is 6.77. The molecular weight excluding hydrogens is 392 g/mol. The second kappa shape index (κ2) is 8.35. The van der Waals surface area contributed by atoms with Gasteiger partial charge in [0.15, 0.2) is 5.13 Å². The average molecular weight is 411 g/mol. The number of aromatic nitrogens is 1. The Balaban J connectivity index is 1.57. The molecule has 0 aliphatic carbocycles. The Labute approximate surface area is 164 Å². The summed E-state index contributed by atoms with van der Waals surface area (Å²) in [6.07, 6.45) is 2.93. The second-order valence-electron chi connectivity index (χ2n) is 6.28. The Morgan fingerprint density at radius 1 is 1.30 bits per heavy atom. The van der Waals surface area contributed by atoms with Crippen LogP contribution in [0.4, 0.5) is 13.9 Å². The van der Waals surface area contributed by atoms with E-state index in [1.807, 2.05) is 13.2 Å². The van der Waals surface area contributed by atoms with Crippen LogP contribution >= 0.6 is 23.1 Å². The number of carbonyl (C=O) groups excluding carboxylic acids is 2. The van der Waals surface area contributed by atoms with Gasteiger partial charge in [-0.05, 0) is 38.2 Å². The van der Waals surface area contributed by atoms with Gasteiger partial charge >= 0.3 is 0 Å². The number of carbonyl (C=O) groups is 2. The van der Waals surface area contributed by atoms with Crippen LogP contribution < -0.4 is 5.32 Å². The summed E-state index contributed by atoms with van der Waals surface area (Å²) in [5.74, 6) is -2.41. The summed E-state index contributed by atoms with van der Waals surface area (Å²) in [7, 11) is 0. The lowest BCUT2D eigenvalue weighted by molar-refractivity contribution is -0.121. The van der Waals surface area contributed by atoms with Crippen LogP contribution in [0.15, 0.2) is 22.4 Å². The first-order valence-corrected chi connectivity index (χ1v) is 10.5. The van der Waals surface area contributed by atoms with Crippen LogP contribution in [0.5, 0.6) is 0 Å². The largest absolute Gasteiger partial charge is 0.339 e. The molecular formula is C18H19F2N3O2S2. The quantitative estimate of drug-likeness (QED) is 0.774. The fourth-order valence-electron chi connectivity index (χ4n) is 3.01. The summed E-state index contributed by atoms with van der Waals surface area (Å²) in [4.78, 5) is 30.7. The highest BCUT2D eigenvalue weighted by Crippen LogP contribution is 2.31. The van der Waals surface area contributed by atoms with E-state index in [-0.39, 0.29) is 17.4 Å². The van der Waals surface area contributed by atoms with Crippen molar-refractivity contribution in [1.29, 1.82) is 0 Å². The number of anilines is 1. The minimum atomic E-state index is -0.872. The maximum absolute atomic E-state index is 13.8. The van der Waals surface area contributed by atoms with Gasteiger partial charge in [0, 0.05) is 25.1 Å². The van der Waals surface area contributed by atoms with E-state index in [0.717, 1.165) is 22.0 Å². The van der Waals surface area contributed by atoms with Crippen LogP contribution in [0.2, 0.25) is 0 Å². The van der Waals surface area contributed by atoms with Crippen molar-refractivity contribution in [2.45, 2.75) is 24.0 Å². The van der Waals surface area contributed by atoms with Crippen molar-refractivity contribution in [3.8, 4) is 0 Å². The molecule has 5 nitrogen and oxygen atoms in total. The second-order valence-corrected chi connectivity index (χ2v) is 8.35. The number of amides is 2. The maximum Gasteiger partial charge on any atom is 0.256 e. The molecule has 1 N–H and O–H groups in total. The van der Waals surface area contributed by atoms with Gasteiger partial charge in [-0.2, -0.15) is 0 Å². The third kappa shape index (κ3) is 4.47. The zero-order valence-corrected chi connectivity index (χ0v) is 16.6. The number of benzene rings is 1. The molecule has 1 aliphatic heterocycles. The number of halogens is 2. The van der Waals surface area contributed by atoms with Crippen molar-refractivity contribution in [1.82, 2.24) is 9.88 Å². The van der Waals surface area contributed by atoms with Crippen molar-refractivity contribution in [2.24, 2.45) is 5.92 Å². The molecule has 3 rings (SSSR count). The first-order chi connectivity index (χ1) is 12.9. The number of aryl methyl sites for hydroxylation is 1. The van der Waals surface area contributed by atoms with Crippen LogP contribution in [0.3, 0.4) is 0 Å². The van der Waals surface area contributed by atoms with Crippen LogP contribution in [0.25, 0.3) is 0 Å². The van der Waals surface area contributed by atoms with E-state index in [4.69, 9.17) is 0 Å².